The summed E-state index contributed by atoms with van der Waals surface area (Å²) in [5, 5.41) is 1.88. The van der Waals surface area contributed by atoms with Crippen molar-refractivity contribution in [1.82, 2.24) is 0 Å². The number of hydrogen-bond donors (Lipinski definition) is 2. The lowest BCUT2D eigenvalue weighted by molar-refractivity contribution is -0.391. The number of quaternary nitrogens is 1. The molecule has 0 aromatic rings. The van der Waals surface area contributed by atoms with E-state index in [1.807, 2.05) is 16.3 Å². The fraction of sp³-hybridized carbons (Fsp3) is 0. The van der Waals surface area contributed by atoms with Gasteiger partial charge in [-0.15, -0.1) is 0 Å². The average Bonchev–Trinajstić information content (AvgIpc) is 1.86. The molecule has 3 N–H and O–H groups in total. The van der Waals surface area contributed by atoms with E-state index in [0.717, 1.165) is 0 Å². The lowest BCUT2D eigenvalue weighted by Crippen LogP contribution is -3.00. The van der Waals surface area contributed by atoms with Gasteiger partial charge < -0.3 is 12.4 Å². The van der Waals surface area contributed by atoms with Gasteiger partial charge in [0.1, 0.15) is 6.20 Å². The van der Waals surface area contributed by atoms with Crippen molar-refractivity contribution in [3.63, 3.8) is 0 Å². The van der Waals surface area contributed by atoms with Crippen molar-refractivity contribution in [1.29, 1.82) is 4.78 Å². The molecular weight excluding hydrogens is 152 g/mol. The van der Waals surface area contributed by atoms with E-state index in [2.05, 4.69) is 0 Å². The standard InChI is InChI=1S/C2H4N2S2.ClH/c3-6-2-1-4-5-6;/h1-4H;1H. The summed E-state index contributed by atoms with van der Waals surface area (Å²) in [6, 6.07) is 0. The summed E-state index contributed by atoms with van der Waals surface area (Å²) in [5.41, 5.74) is 0. The van der Waals surface area contributed by atoms with Crippen LogP contribution in [0.25, 0.3) is 0 Å². The van der Waals surface area contributed by atoms with Crippen LogP contribution in [0.15, 0.2) is 11.6 Å². The Labute approximate surface area is 54.6 Å². The molecule has 1 heterocycles. The molecule has 1 aliphatic heterocycles. The van der Waals surface area contributed by atoms with Crippen LogP contribution in [-0.4, -0.2) is 0 Å². The highest BCUT2D eigenvalue weighted by atomic mass is 35.5. The minimum atomic E-state index is -0.242. The molecule has 0 aromatic carbocycles. The van der Waals surface area contributed by atoms with Gasteiger partial charge in [0.05, 0.1) is 5.41 Å². The van der Waals surface area contributed by atoms with Gasteiger partial charge in [0.25, 0.3) is 0 Å². The van der Waals surface area contributed by atoms with Crippen molar-refractivity contribution in [2.45, 2.75) is 0 Å². The summed E-state index contributed by atoms with van der Waals surface area (Å²) in [4.78, 5) is 0. The van der Waals surface area contributed by atoms with Gasteiger partial charge in [0, 0.05) is 9.72 Å². The van der Waals surface area contributed by atoms with Crippen molar-refractivity contribution in [2.24, 2.45) is 0 Å². The molecule has 0 bridgehead atoms. The molecule has 0 radical (unpaired) electrons. The van der Waals surface area contributed by atoms with E-state index in [0.29, 0.717) is 0 Å². The van der Waals surface area contributed by atoms with Crippen molar-refractivity contribution >= 4 is 20.7 Å². The molecule has 0 saturated carbocycles. The summed E-state index contributed by atoms with van der Waals surface area (Å²) in [7, 11) is 1.31. The fourth-order valence-corrected chi connectivity index (χ4v) is 1.81. The Morgan fingerprint density at radius 3 is 2.57 bits per heavy atom. The molecule has 1 unspecified atom stereocenters. The zero-order chi connectivity index (χ0) is 4.41. The molecular formula is C2H5ClN2S2. The van der Waals surface area contributed by atoms with Crippen LogP contribution in [0.3, 0.4) is 0 Å². The van der Waals surface area contributed by atoms with Gasteiger partial charge in [-0.1, -0.05) is 0 Å². The number of rotatable bonds is 0. The molecule has 0 aromatic heterocycles. The molecule has 0 spiro atoms. The minimum absolute atomic E-state index is 0. The lowest BCUT2D eigenvalue weighted by Gasteiger charge is -1.73. The van der Waals surface area contributed by atoms with Crippen molar-refractivity contribution < 1.29 is 17.1 Å². The second kappa shape index (κ2) is 3.49. The Bertz CT molecular complexity index is 102. The summed E-state index contributed by atoms with van der Waals surface area (Å²) in [5.74, 6) is 0. The monoisotopic (exact) mass is 156 g/mol. The second-order valence-electron chi connectivity index (χ2n) is 0.858. The third-order valence-electron chi connectivity index (χ3n) is 0.440. The van der Waals surface area contributed by atoms with Crippen molar-refractivity contribution in [2.75, 3.05) is 0 Å². The molecule has 0 amide bonds. The molecule has 5 heteroatoms. The Hall–Kier alpha value is 0.490. The van der Waals surface area contributed by atoms with E-state index < -0.39 is 0 Å². The van der Waals surface area contributed by atoms with E-state index >= 15 is 0 Å². The van der Waals surface area contributed by atoms with Crippen LogP contribution in [0.1, 0.15) is 0 Å². The van der Waals surface area contributed by atoms with Gasteiger partial charge in [-0.25, -0.2) is 4.72 Å². The van der Waals surface area contributed by atoms with E-state index in [-0.39, 0.29) is 22.1 Å². The van der Waals surface area contributed by atoms with Crippen LogP contribution < -0.4 is 17.1 Å². The van der Waals surface area contributed by atoms with Crippen LogP contribution in [0.4, 0.5) is 0 Å². The molecule has 1 atom stereocenters. The maximum atomic E-state index is 7.00. The molecule has 1 aliphatic rings. The van der Waals surface area contributed by atoms with Gasteiger partial charge in [0.2, 0.25) is 0 Å². The zero-order valence-corrected chi connectivity index (χ0v) is 5.82. The van der Waals surface area contributed by atoms with Crippen molar-refractivity contribution in [3.05, 3.63) is 11.6 Å². The highest BCUT2D eigenvalue weighted by molar-refractivity contribution is 8.68. The Morgan fingerprint density at radius 2 is 2.43 bits per heavy atom. The molecule has 2 nitrogen and oxygen atoms in total. The third-order valence-corrected chi connectivity index (χ3v) is 2.61. The highest BCUT2D eigenvalue weighted by Crippen LogP contribution is 2.01. The predicted octanol–water partition coefficient (Wildman–Crippen LogP) is -3.02. The number of nitrogens with two attached hydrogens (primary N) is 1. The summed E-state index contributed by atoms with van der Waals surface area (Å²) >= 11 is 0. The van der Waals surface area contributed by atoms with Gasteiger partial charge in [-0.2, -0.15) is 0 Å². The van der Waals surface area contributed by atoms with Crippen LogP contribution in [-0.2, 0) is 9.72 Å². The van der Waals surface area contributed by atoms with Gasteiger partial charge in [-0.05, 0) is 0 Å². The molecule has 0 aliphatic carbocycles. The van der Waals surface area contributed by atoms with Gasteiger partial charge in [-0.3, -0.25) is 4.78 Å². The smallest absolute Gasteiger partial charge is 0.164 e. The summed E-state index contributed by atoms with van der Waals surface area (Å²) in [6.07, 6.45) is 1.92. The lowest BCUT2D eigenvalue weighted by atomic mass is 11.1. The predicted molar refractivity (Wildman–Crippen MR) is 28.7 cm³/mol. The minimum Gasteiger partial charge on any atom is -1.00 e. The number of halogens is 1. The molecule has 1 rings (SSSR count). The molecule has 42 valence electrons. The zero-order valence-electron chi connectivity index (χ0n) is 3.43. The Kier molecular flexibility index (Phi) is 3.73. The average molecular weight is 157 g/mol. The van der Waals surface area contributed by atoms with E-state index in [4.69, 9.17) is 4.78 Å². The maximum absolute atomic E-state index is 7.00. The Balaban J connectivity index is 0.000000360. The third kappa shape index (κ3) is 2.33. The van der Waals surface area contributed by atoms with E-state index in [9.17, 15) is 0 Å². The number of hydrogen-bond acceptors (Lipinski definition) is 2. The van der Waals surface area contributed by atoms with Crippen molar-refractivity contribution in [3.8, 4) is 0 Å². The highest BCUT2D eigenvalue weighted by Gasteiger charge is 1.99. The first-order valence-corrected chi connectivity index (χ1v) is 4.19. The first-order valence-electron chi connectivity index (χ1n) is 1.51. The quantitative estimate of drug-likeness (QED) is 0.285. The SMILES string of the molecule is N=S1C=C[NH2+]S1.[Cl-]. The maximum Gasteiger partial charge on any atom is 0.164 e. The molecule has 0 fully saturated rings. The second-order valence-corrected chi connectivity index (χ2v) is 3.84. The largest absolute Gasteiger partial charge is 1.00 e. The van der Waals surface area contributed by atoms with E-state index in [1.165, 1.54) is 0 Å². The topological polar surface area (TPSA) is 40.5 Å². The van der Waals surface area contributed by atoms with Gasteiger partial charge >= 0.3 is 0 Å². The summed E-state index contributed by atoms with van der Waals surface area (Å²) < 4.78 is 8.95. The fourth-order valence-electron chi connectivity index (χ4n) is 0.227. The normalized spacial score (nSPS) is 27.1. The van der Waals surface area contributed by atoms with Crippen LogP contribution in [0.2, 0.25) is 0 Å². The first-order chi connectivity index (χ1) is 2.89. The van der Waals surface area contributed by atoms with Crippen LogP contribution in [0, 0.1) is 4.78 Å². The van der Waals surface area contributed by atoms with Crippen LogP contribution >= 0.6 is 11.0 Å². The molecule has 7 heavy (non-hydrogen) atoms. The summed E-state index contributed by atoms with van der Waals surface area (Å²) in [6.45, 7) is 0. The van der Waals surface area contributed by atoms with E-state index in [1.54, 1.807) is 11.0 Å². The first kappa shape index (κ1) is 7.49. The molecule has 0 saturated heterocycles. The van der Waals surface area contributed by atoms with Gasteiger partial charge in [0.15, 0.2) is 11.0 Å². The van der Waals surface area contributed by atoms with Crippen LogP contribution in [0.5, 0.6) is 0 Å². The number of nitrogens with one attached hydrogen (secondary N) is 1. The Morgan fingerprint density at radius 1 is 1.71 bits per heavy atom.